The number of carbonyl (C=O) groups is 2. The molecule has 1 aliphatic carbocycles. The molecule has 1 fully saturated rings. The summed E-state index contributed by atoms with van der Waals surface area (Å²) in [7, 11) is 0. The summed E-state index contributed by atoms with van der Waals surface area (Å²) in [5.74, 6) is 0.0548. The minimum atomic E-state index is -0.147. The van der Waals surface area contributed by atoms with Gasteiger partial charge in [0.15, 0.2) is 12.1 Å². The van der Waals surface area contributed by atoms with Crippen molar-refractivity contribution < 1.29 is 23.8 Å². The molecule has 5 nitrogen and oxygen atoms in total. The monoisotopic (exact) mass is 386 g/mol. The predicted molar refractivity (Wildman–Crippen MR) is 105 cm³/mol. The van der Waals surface area contributed by atoms with E-state index in [-0.39, 0.29) is 24.1 Å². The first-order valence-corrected chi connectivity index (χ1v) is 10.4. The summed E-state index contributed by atoms with van der Waals surface area (Å²) in [6, 6.07) is 9.71. The first-order valence-electron chi connectivity index (χ1n) is 10.4. The van der Waals surface area contributed by atoms with Crippen molar-refractivity contribution in [2.75, 3.05) is 6.61 Å². The summed E-state index contributed by atoms with van der Waals surface area (Å²) < 4.78 is 16.6. The third-order valence-corrected chi connectivity index (χ3v) is 5.17. The molecule has 0 aromatic heterocycles. The van der Waals surface area contributed by atoms with Crippen LogP contribution in [0.2, 0.25) is 0 Å². The van der Waals surface area contributed by atoms with E-state index in [0.29, 0.717) is 19.4 Å². The second kappa shape index (κ2) is 11.1. The second-order valence-electron chi connectivity index (χ2n) is 7.50. The van der Waals surface area contributed by atoms with Gasteiger partial charge in [-0.05, 0) is 42.9 Å². The number of benzene rings is 1. The van der Waals surface area contributed by atoms with Crippen molar-refractivity contribution in [3.63, 3.8) is 0 Å². The van der Waals surface area contributed by atoms with Gasteiger partial charge in [-0.3, -0.25) is 9.59 Å². The van der Waals surface area contributed by atoms with Crippen LogP contribution in [0.4, 0.5) is 0 Å². The molecule has 0 saturated carbocycles. The summed E-state index contributed by atoms with van der Waals surface area (Å²) >= 11 is 0. The molecule has 3 rings (SSSR count). The second-order valence-corrected chi connectivity index (χ2v) is 7.50. The molecule has 0 amide bonds. The minimum Gasteiger partial charge on any atom is -0.461 e. The molecule has 2 aliphatic rings. The Morgan fingerprint density at radius 3 is 2.71 bits per heavy atom. The van der Waals surface area contributed by atoms with Gasteiger partial charge in [-0.25, -0.2) is 0 Å². The number of hydrogen-bond acceptors (Lipinski definition) is 5. The van der Waals surface area contributed by atoms with Gasteiger partial charge in [-0.2, -0.15) is 0 Å². The van der Waals surface area contributed by atoms with Gasteiger partial charge in [-0.15, -0.1) is 0 Å². The van der Waals surface area contributed by atoms with E-state index in [1.54, 1.807) is 0 Å². The SMILES string of the molecule is O=C(CCCCCCC1=C[C@H](OC2CCCO2)CC1=O)OCc1ccccc1. The first kappa shape index (κ1) is 20.7. The smallest absolute Gasteiger partial charge is 0.306 e. The van der Waals surface area contributed by atoms with Crippen LogP contribution < -0.4 is 0 Å². The average molecular weight is 386 g/mol. The Balaban J connectivity index is 1.23. The summed E-state index contributed by atoms with van der Waals surface area (Å²) in [5.41, 5.74) is 1.90. The Morgan fingerprint density at radius 2 is 1.93 bits per heavy atom. The number of Topliss-reactive ketones (excluding diaryl/α,β-unsaturated/α-hetero) is 1. The molecule has 0 radical (unpaired) electrons. The molecule has 1 aromatic carbocycles. The van der Waals surface area contributed by atoms with Crippen LogP contribution in [0.15, 0.2) is 42.0 Å². The number of hydrogen-bond donors (Lipinski definition) is 0. The summed E-state index contributed by atoms with van der Waals surface area (Å²) in [4.78, 5) is 23.9. The highest BCUT2D eigenvalue weighted by molar-refractivity contribution is 5.98. The van der Waals surface area contributed by atoms with E-state index in [2.05, 4.69) is 0 Å². The highest BCUT2D eigenvalue weighted by atomic mass is 16.7. The zero-order valence-electron chi connectivity index (χ0n) is 16.4. The standard InChI is InChI=1S/C23H30O5/c24-21-16-20(28-23-13-8-14-26-23)15-19(21)11-6-1-2-7-12-22(25)27-17-18-9-4-3-5-10-18/h3-5,9-10,15,20,23H,1-2,6-8,11-14,16-17H2/t20-,23?/m0/s1. The van der Waals surface area contributed by atoms with Crippen LogP contribution in [0.25, 0.3) is 0 Å². The molecule has 5 heteroatoms. The zero-order valence-corrected chi connectivity index (χ0v) is 16.4. The van der Waals surface area contributed by atoms with E-state index in [9.17, 15) is 9.59 Å². The van der Waals surface area contributed by atoms with Gasteiger partial charge in [-0.1, -0.05) is 43.2 Å². The van der Waals surface area contributed by atoms with Gasteiger partial charge in [0.05, 0.1) is 6.10 Å². The molecule has 2 atom stereocenters. The van der Waals surface area contributed by atoms with Crippen LogP contribution in [0.5, 0.6) is 0 Å². The van der Waals surface area contributed by atoms with Crippen molar-refractivity contribution in [2.24, 2.45) is 0 Å². The molecule has 1 aliphatic heterocycles. The maximum absolute atomic E-state index is 12.1. The summed E-state index contributed by atoms with van der Waals surface area (Å²) in [5, 5.41) is 0. The Morgan fingerprint density at radius 1 is 1.11 bits per heavy atom. The van der Waals surface area contributed by atoms with Crippen LogP contribution in [0.1, 0.15) is 63.4 Å². The van der Waals surface area contributed by atoms with E-state index < -0.39 is 0 Å². The van der Waals surface area contributed by atoms with Crippen LogP contribution in [-0.4, -0.2) is 30.8 Å². The first-order chi connectivity index (χ1) is 13.7. The lowest BCUT2D eigenvalue weighted by Crippen LogP contribution is -2.18. The molecular weight excluding hydrogens is 356 g/mol. The van der Waals surface area contributed by atoms with Crippen LogP contribution in [0.3, 0.4) is 0 Å². The molecular formula is C23H30O5. The van der Waals surface area contributed by atoms with E-state index in [1.165, 1.54) is 0 Å². The van der Waals surface area contributed by atoms with Crippen molar-refractivity contribution in [1.29, 1.82) is 0 Å². The lowest BCUT2D eigenvalue weighted by molar-refractivity contribution is -0.145. The fourth-order valence-electron chi connectivity index (χ4n) is 3.60. The van der Waals surface area contributed by atoms with Gasteiger partial charge in [0.25, 0.3) is 0 Å². The van der Waals surface area contributed by atoms with E-state index >= 15 is 0 Å². The quantitative estimate of drug-likeness (QED) is 0.414. The van der Waals surface area contributed by atoms with Gasteiger partial charge >= 0.3 is 5.97 Å². The summed E-state index contributed by atoms with van der Waals surface area (Å²) in [6.07, 6.45) is 9.12. The third-order valence-electron chi connectivity index (χ3n) is 5.17. The van der Waals surface area contributed by atoms with Crippen molar-refractivity contribution in [3.8, 4) is 0 Å². The van der Waals surface area contributed by atoms with Crippen LogP contribution in [-0.2, 0) is 30.4 Å². The topological polar surface area (TPSA) is 61.8 Å². The molecule has 152 valence electrons. The maximum Gasteiger partial charge on any atom is 0.306 e. The number of allylic oxidation sites excluding steroid dienone is 1. The Kier molecular flexibility index (Phi) is 8.24. The predicted octanol–water partition coefficient (Wildman–Crippen LogP) is 4.49. The molecule has 1 saturated heterocycles. The van der Waals surface area contributed by atoms with Crippen molar-refractivity contribution in [1.82, 2.24) is 0 Å². The molecule has 1 aromatic rings. The minimum absolute atomic E-state index is 0.120. The molecule has 0 spiro atoms. The zero-order chi connectivity index (χ0) is 19.6. The number of ketones is 1. The van der Waals surface area contributed by atoms with Gasteiger partial charge in [0.1, 0.15) is 6.61 Å². The summed E-state index contributed by atoms with van der Waals surface area (Å²) in [6.45, 7) is 1.09. The highest BCUT2D eigenvalue weighted by Gasteiger charge is 2.28. The number of ether oxygens (including phenoxy) is 3. The number of unbranched alkanes of at least 4 members (excludes halogenated alkanes) is 3. The molecule has 0 N–H and O–H groups in total. The molecule has 1 heterocycles. The normalized spacial score (nSPS) is 21.7. The molecule has 28 heavy (non-hydrogen) atoms. The number of carbonyl (C=O) groups excluding carboxylic acids is 2. The van der Waals surface area contributed by atoms with Crippen molar-refractivity contribution in [3.05, 3.63) is 47.5 Å². The van der Waals surface area contributed by atoms with E-state index in [0.717, 1.165) is 62.7 Å². The van der Waals surface area contributed by atoms with Crippen LogP contribution >= 0.6 is 0 Å². The largest absolute Gasteiger partial charge is 0.461 e. The van der Waals surface area contributed by atoms with Crippen molar-refractivity contribution >= 4 is 11.8 Å². The highest BCUT2D eigenvalue weighted by Crippen LogP contribution is 2.26. The van der Waals surface area contributed by atoms with Crippen LogP contribution in [0, 0.1) is 0 Å². The van der Waals surface area contributed by atoms with Crippen molar-refractivity contribution in [2.45, 2.75) is 76.8 Å². The Hall–Kier alpha value is -1.98. The Labute approximate surface area is 167 Å². The van der Waals surface area contributed by atoms with Gasteiger partial charge in [0, 0.05) is 25.9 Å². The fraction of sp³-hybridized carbons (Fsp3) is 0.565. The Bertz CT molecular complexity index is 661. The van der Waals surface area contributed by atoms with E-state index in [1.807, 2.05) is 36.4 Å². The average Bonchev–Trinajstić information content (AvgIpc) is 3.33. The number of rotatable bonds is 11. The van der Waals surface area contributed by atoms with E-state index in [4.69, 9.17) is 14.2 Å². The maximum atomic E-state index is 12.1. The lowest BCUT2D eigenvalue weighted by Gasteiger charge is -2.14. The van der Waals surface area contributed by atoms with Gasteiger partial charge in [0.2, 0.25) is 0 Å². The van der Waals surface area contributed by atoms with Gasteiger partial charge < -0.3 is 14.2 Å². The number of esters is 1. The third kappa shape index (κ3) is 6.88. The lowest BCUT2D eigenvalue weighted by atomic mass is 10.0. The molecule has 0 bridgehead atoms. The fourth-order valence-corrected chi connectivity index (χ4v) is 3.60. The molecule has 1 unspecified atom stereocenters.